The minimum absolute atomic E-state index is 0.0994. The van der Waals surface area contributed by atoms with Gasteiger partial charge in [0.2, 0.25) is 5.95 Å². The molecule has 3 atom stereocenters. The van der Waals surface area contributed by atoms with Crippen LogP contribution in [0.2, 0.25) is 0 Å². The van der Waals surface area contributed by atoms with Gasteiger partial charge < -0.3 is 21.1 Å². The summed E-state index contributed by atoms with van der Waals surface area (Å²) in [7, 11) is 0. The smallest absolute Gasteiger partial charge is 0.254 e. The molecular formula is C18H27N5O2. The molecule has 7 nitrogen and oxygen atoms in total. The predicted octanol–water partition coefficient (Wildman–Crippen LogP) is 1.67. The molecule has 0 spiro atoms. The number of aromatic nitrogens is 2. The van der Waals surface area contributed by atoms with Gasteiger partial charge in [-0.3, -0.25) is 4.79 Å². The first-order valence-corrected chi connectivity index (χ1v) is 9.42. The molecule has 1 aromatic rings. The number of hydrogen-bond acceptors (Lipinski definition) is 6. The number of nitrogens with two attached hydrogens (primary N) is 1. The largest absolute Gasteiger partial charge is 0.393 e. The topological polar surface area (TPSA) is 104 Å². The number of amides is 1. The van der Waals surface area contributed by atoms with Crippen molar-refractivity contribution in [3.05, 3.63) is 11.8 Å². The molecule has 4 N–H and O–H groups in total. The summed E-state index contributed by atoms with van der Waals surface area (Å²) >= 11 is 0. The number of carbonyl (C=O) groups is 1. The van der Waals surface area contributed by atoms with E-state index < -0.39 is 5.91 Å². The van der Waals surface area contributed by atoms with Crippen LogP contribution < -0.4 is 16.0 Å². The number of aliphatic hydroxyl groups excluding tert-OH is 1. The molecule has 0 radical (unpaired) electrons. The molecule has 0 unspecified atom stereocenters. The van der Waals surface area contributed by atoms with E-state index in [-0.39, 0.29) is 12.1 Å². The first-order valence-electron chi connectivity index (χ1n) is 9.42. The molecule has 3 saturated carbocycles. The van der Waals surface area contributed by atoms with Crippen molar-refractivity contribution in [1.82, 2.24) is 9.97 Å². The van der Waals surface area contributed by atoms with E-state index in [1.54, 1.807) is 6.20 Å². The van der Waals surface area contributed by atoms with Gasteiger partial charge in [0.15, 0.2) is 0 Å². The SMILES string of the molecule is C[C@@H]1CC[C@@H](Nc2nc(N(C3CC3)C3CC3)ncc2C(N)=O)C[C@H]1O. The lowest BCUT2D eigenvalue weighted by Gasteiger charge is -2.32. The van der Waals surface area contributed by atoms with Gasteiger partial charge in [0.25, 0.3) is 5.91 Å². The van der Waals surface area contributed by atoms with Crippen LogP contribution in [-0.4, -0.2) is 45.2 Å². The third kappa shape index (κ3) is 3.56. The predicted molar refractivity (Wildman–Crippen MR) is 95.5 cm³/mol. The Bertz CT molecular complexity index is 647. The average Bonchev–Trinajstić information content (AvgIpc) is 3.46. The van der Waals surface area contributed by atoms with E-state index in [1.807, 2.05) is 0 Å². The Morgan fingerprint density at radius 1 is 1.24 bits per heavy atom. The monoisotopic (exact) mass is 345 g/mol. The van der Waals surface area contributed by atoms with Gasteiger partial charge in [-0.2, -0.15) is 4.98 Å². The van der Waals surface area contributed by atoms with Gasteiger partial charge >= 0.3 is 0 Å². The summed E-state index contributed by atoms with van der Waals surface area (Å²) in [6.07, 6.45) is 8.54. The van der Waals surface area contributed by atoms with Gasteiger partial charge in [-0.1, -0.05) is 6.92 Å². The lowest BCUT2D eigenvalue weighted by atomic mass is 9.85. The van der Waals surface area contributed by atoms with Gasteiger partial charge in [0, 0.05) is 24.3 Å². The highest BCUT2D eigenvalue weighted by Gasteiger charge is 2.41. The molecule has 3 aliphatic rings. The van der Waals surface area contributed by atoms with E-state index in [4.69, 9.17) is 5.73 Å². The molecule has 4 rings (SSSR count). The highest BCUT2D eigenvalue weighted by molar-refractivity contribution is 5.97. The van der Waals surface area contributed by atoms with Crippen molar-refractivity contribution in [3.8, 4) is 0 Å². The van der Waals surface area contributed by atoms with Crippen LogP contribution in [-0.2, 0) is 0 Å². The maximum absolute atomic E-state index is 11.8. The number of aliphatic hydroxyl groups is 1. The van der Waals surface area contributed by atoms with Gasteiger partial charge in [0.1, 0.15) is 5.82 Å². The van der Waals surface area contributed by atoms with Crippen molar-refractivity contribution in [1.29, 1.82) is 0 Å². The van der Waals surface area contributed by atoms with Crippen LogP contribution in [0.5, 0.6) is 0 Å². The fourth-order valence-corrected chi connectivity index (χ4v) is 3.74. The van der Waals surface area contributed by atoms with Gasteiger partial charge in [-0.05, 0) is 50.9 Å². The Kier molecular flexibility index (Phi) is 4.27. The zero-order chi connectivity index (χ0) is 17.6. The Balaban J connectivity index is 1.58. The van der Waals surface area contributed by atoms with Crippen molar-refractivity contribution >= 4 is 17.7 Å². The van der Waals surface area contributed by atoms with E-state index in [1.165, 1.54) is 25.7 Å². The maximum Gasteiger partial charge on any atom is 0.254 e. The zero-order valence-corrected chi connectivity index (χ0v) is 14.7. The molecule has 25 heavy (non-hydrogen) atoms. The Morgan fingerprint density at radius 2 is 1.92 bits per heavy atom. The molecule has 0 aromatic carbocycles. The van der Waals surface area contributed by atoms with E-state index in [0.717, 1.165) is 12.8 Å². The molecule has 0 bridgehead atoms. The maximum atomic E-state index is 11.8. The third-order valence-corrected chi connectivity index (χ3v) is 5.65. The van der Waals surface area contributed by atoms with Crippen LogP contribution in [0.4, 0.5) is 11.8 Å². The summed E-state index contributed by atoms with van der Waals surface area (Å²) in [5, 5.41) is 13.5. The van der Waals surface area contributed by atoms with Crippen LogP contribution in [0.25, 0.3) is 0 Å². The van der Waals surface area contributed by atoms with E-state index in [0.29, 0.717) is 41.8 Å². The number of rotatable bonds is 6. The number of nitrogens with zero attached hydrogens (tertiary/aromatic N) is 3. The second kappa shape index (κ2) is 6.44. The number of carbonyl (C=O) groups excluding carboxylic acids is 1. The number of nitrogens with one attached hydrogen (secondary N) is 1. The average molecular weight is 345 g/mol. The Hall–Kier alpha value is -1.89. The van der Waals surface area contributed by atoms with Gasteiger partial charge in [-0.25, -0.2) is 4.98 Å². The molecule has 3 fully saturated rings. The molecule has 3 aliphatic carbocycles. The first kappa shape index (κ1) is 16.6. The lowest BCUT2D eigenvalue weighted by molar-refractivity contribution is 0.0739. The Labute approximate surface area is 148 Å². The molecule has 1 heterocycles. The summed E-state index contributed by atoms with van der Waals surface area (Å²) in [4.78, 5) is 23.2. The number of anilines is 2. The summed E-state index contributed by atoms with van der Waals surface area (Å²) in [6, 6.07) is 1.18. The van der Waals surface area contributed by atoms with Crippen molar-refractivity contribution in [2.24, 2.45) is 11.7 Å². The minimum Gasteiger partial charge on any atom is -0.393 e. The number of primary amides is 1. The fraction of sp³-hybridized carbons (Fsp3) is 0.722. The van der Waals surface area contributed by atoms with Crippen molar-refractivity contribution < 1.29 is 9.90 Å². The van der Waals surface area contributed by atoms with Crippen LogP contribution >= 0.6 is 0 Å². The molecule has 1 aromatic heterocycles. The highest BCUT2D eigenvalue weighted by Crippen LogP contribution is 2.40. The highest BCUT2D eigenvalue weighted by atomic mass is 16.3. The molecule has 0 aliphatic heterocycles. The molecule has 1 amide bonds. The van der Waals surface area contributed by atoms with Crippen molar-refractivity contribution in [3.63, 3.8) is 0 Å². The van der Waals surface area contributed by atoms with Crippen molar-refractivity contribution in [2.45, 2.75) is 76.1 Å². The van der Waals surface area contributed by atoms with Crippen LogP contribution in [0.1, 0.15) is 62.2 Å². The standard InChI is InChI=1S/C18H27N5O2/c1-10-2-3-11(8-15(10)24)21-17-14(16(19)25)9-20-18(22-17)23(12-4-5-12)13-6-7-13/h9-13,15,24H,2-8H2,1H3,(H2,19,25)(H,20,21,22)/t10-,11-,15-/m1/s1. The molecule has 7 heteroatoms. The zero-order valence-electron chi connectivity index (χ0n) is 14.7. The minimum atomic E-state index is -0.525. The first-order chi connectivity index (χ1) is 12.0. The molecule has 136 valence electrons. The van der Waals surface area contributed by atoms with Crippen LogP contribution in [0, 0.1) is 5.92 Å². The molecule has 0 saturated heterocycles. The Morgan fingerprint density at radius 3 is 2.48 bits per heavy atom. The van der Waals surface area contributed by atoms with Gasteiger partial charge in [-0.15, -0.1) is 0 Å². The normalized spacial score (nSPS) is 29.3. The second-order valence-corrected chi connectivity index (χ2v) is 7.87. The van der Waals surface area contributed by atoms with E-state index in [2.05, 4.69) is 27.1 Å². The van der Waals surface area contributed by atoms with Crippen LogP contribution in [0.3, 0.4) is 0 Å². The summed E-state index contributed by atoms with van der Waals surface area (Å²) in [5.41, 5.74) is 5.84. The van der Waals surface area contributed by atoms with Gasteiger partial charge in [0.05, 0.1) is 11.7 Å². The number of hydrogen-bond donors (Lipinski definition) is 3. The van der Waals surface area contributed by atoms with Crippen molar-refractivity contribution in [2.75, 3.05) is 10.2 Å². The van der Waals surface area contributed by atoms with E-state index in [9.17, 15) is 9.90 Å². The third-order valence-electron chi connectivity index (χ3n) is 5.65. The molecular weight excluding hydrogens is 318 g/mol. The van der Waals surface area contributed by atoms with E-state index >= 15 is 0 Å². The lowest BCUT2D eigenvalue weighted by Crippen LogP contribution is -2.36. The summed E-state index contributed by atoms with van der Waals surface area (Å²) < 4.78 is 0. The second-order valence-electron chi connectivity index (χ2n) is 7.87. The summed E-state index contributed by atoms with van der Waals surface area (Å²) in [5.74, 6) is 0.996. The van der Waals surface area contributed by atoms with Crippen LogP contribution in [0.15, 0.2) is 6.20 Å². The fourth-order valence-electron chi connectivity index (χ4n) is 3.74. The quantitative estimate of drug-likeness (QED) is 0.724. The summed E-state index contributed by atoms with van der Waals surface area (Å²) in [6.45, 7) is 2.07.